The number of carbonyl (C=O) groups is 1. The van der Waals surface area contributed by atoms with E-state index in [-0.39, 0.29) is 21.6 Å². The minimum atomic E-state index is -4.54. The average molecular weight is 587 g/mol. The summed E-state index contributed by atoms with van der Waals surface area (Å²) < 4.78 is 64.6. The van der Waals surface area contributed by atoms with Crippen molar-refractivity contribution in [3.8, 4) is 21.7 Å². The van der Waals surface area contributed by atoms with Crippen molar-refractivity contribution in [3.05, 3.63) is 101 Å². The highest BCUT2D eigenvalue weighted by Gasteiger charge is 2.30. The molecule has 0 atom stereocenters. The highest BCUT2D eigenvalue weighted by molar-refractivity contribution is 7.90. The molecule has 0 aliphatic rings. The van der Waals surface area contributed by atoms with E-state index in [1.807, 2.05) is 24.3 Å². The molecule has 0 spiro atoms. The van der Waals surface area contributed by atoms with E-state index in [4.69, 9.17) is 11.6 Å². The summed E-state index contributed by atoms with van der Waals surface area (Å²) >= 11 is 7.89. The Bertz CT molecular complexity index is 1800. The number of aromatic nitrogens is 1. The Kier molecular flexibility index (Phi) is 6.96. The second kappa shape index (κ2) is 10.1. The second-order valence-corrected chi connectivity index (χ2v) is 12.1. The third-order valence-corrected chi connectivity index (χ3v) is 8.45. The molecule has 0 bridgehead atoms. The van der Waals surface area contributed by atoms with Crippen LogP contribution in [0.1, 0.15) is 15.9 Å². The van der Waals surface area contributed by atoms with Crippen LogP contribution in [0.4, 0.5) is 18.9 Å². The first kappa shape index (κ1) is 26.9. The largest absolute Gasteiger partial charge is 0.416 e. The minimum Gasteiger partial charge on any atom is -0.322 e. The van der Waals surface area contributed by atoms with Gasteiger partial charge in [-0.3, -0.25) is 4.79 Å². The van der Waals surface area contributed by atoms with Crippen LogP contribution in [0.5, 0.6) is 0 Å². The van der Waals surface area contributed by atoms with Gasteiger partial charge in [-0.1, -0.05) is 35.9 Å². The molecule has 198 valence electrons. The number of halogens is 4. The summed E-state index contributed by atoms with van der Waals surface area (Å²) in [5, 5.41) is 3.89. The predicted molar refractivity (Wildman–Crippen MR) is 148 cm³/mol. The molecule has 1 aromatic heterocycles. The number of benzene rings is 4. The molecule has 0 saturated heterocycles. The number of nitrogens with zero attached hydrogens (tertiary/aromatic N) is 1. The van der Waals surface area contributed by atoms with E-state index < -0.39 is 27.5 Å². The molecule has 5 nitrogen and oxygen atoms in total. The first-order chi connectivity index (χ1) is 18.4. The van der Waals surface area contributed by atoms with E-state index in [1.165, 1.54) is 41.7 Å². The average Bonchev–Trinajstić information content (AvgIpc) is 3.32. The van der Waals surface area contributed by atoms with Crippen LogP contribution in [0, 0.1) is 0 Å². The number of fused-ring (bicyclic) bond motifs is 1. The van der Waals surface area contributed by atoms with Gasteiger partial charge in [-0.15, -0.1) is 11.3 Å². The number of hydrogen-bond donors (Lipinski definition) is 1. The number of alkyl halides is 3. The van der Waals surface area contributed by atoms with Crippen molar-refractivity contribution >= 4 is 54.6 Å². The molecule has 1 N–H and O–H groups in total. The van der Waals surface area contributed by atoms with Gasteiger partial charge < -0.3 is 5.32 Å². The molecule has 0 unspecified atom stereocenters. The normalized spacial score (nSPS) is 12.0. The maximum atomic E-state index is 13.4. The van der Waals surface area contributed by atoms with E-state index >= 15 is 0 Å². The van der Waals surface area contributed by atoms with E-state index in [0.29, 0.717) is 21.3 Å². The monoisotopic (exact) mass is 586 g/mol. The molecule has 0 radical (unpaired) electrons. The van der Waals surface area contributed by atoms with Gasteiger partial charge in [0.15, 0.2) is 9.84 Å². The van der Waals surface area contributed by atoms with E-state index in [2.05, 4.69) is 10.3 Å². The van der Waals surface area contributed by atoms with E-state index in [1.54, 1.807) is 18.2 Å². The van der Waals surface area contributed by atoms with Crippen LogP contribution in [0.3, 0.4) is 0 Å². The Balaban J connectivity index is 1.52. The lowest BCUT2D eigenvalue weighted by atomic mass is 9.98. The highest BCUT2D eigenvalue weighted by atomic mass is 35.5. The standard InChI is InChI=1S/C28H18ClF3N2O3S2/c1-39(36,37)19-11-12-20(21(15-19)16-6-8-17(9-7-16)28(30,31)32)26(35)33-18-10-13-23(29)22(14-18)27-34-24-4-2-3-5-25(24)38-27/h2-15H,1H3,(H,33,35). The summed E-state index contributed by atoms with van der Waals surface area (Å²) in [5.74, 6) is -0.581. The zero-order chi connectivity index (χ0) is 27.9. The minimum absolute atomic E-state index is 0.0708. The summed E-state index contributed by atoms with van der Waals surface area (Å²) in [6, 6.07) is 20.6. The van der Waals surface area contributed by atoms with Crippen LogP contribution < -0.4 is 5.32 Å². The number of sulfone groups is 1. The molecule has 1 heterocycles. The first-order valence-electron chi connectivity index (χ1n) is 11.4. The Morgan fingerprint density at radius 2 is 1.64 bits per heavy atom. The van der Waals surface area contributed by atoms with Gasteiger partial charge in [-0.2, -0.15) is 13.2 Å². The Hall–Kier alpha value is -3.73. The lowest BCUT2D eigenvalue weighted by Crippen LogP contribution is -2.14. The van der Waals surface area contributed by atoms with Crippen LogP contribution >= 0.6 is 22.9 Å². The molecule has 5 rings (SSSR count). The summed E-state index contributed by atoms with van der Waals surface area (Å²) in [6.07, 6.45) is -3.53. The van der Waals surface area contributed by atoms with Crippen molar-refractivity contribution in [2.75, 3.05) is 11.6 Å². The maximum absolute atomic E-state index is 13.4. The molecule has 4 aromatic carbocycles. The van der Waals surface area contributed by atoms with E-state index in [9.17, 15) is 26.4 Å². The van der Waals surface area contributed by atoms with Gasteiger partial charge in [0, 0.05) is 23.1 Å². The maximum Gasteiger partial charge on any atom is 0.416 e. The Morgan fingerprint density at radius 1 is 0.923 bits per heavy atom. The van der Waals surface area contributed by atoms with Gasteiger partial charge in [0.05, 0.1) is 25.7 Å². The number of para-hydroxylation sites is 1. The molecular formula is C28H18ClF3N2O3S2. The van der Waals surface area contributed by atoms with Gasteiger partial charge in [-0.25, -0.2) is 13.4 Å². The van der Waals surface area contributed by atoms with Crippen molar-refractivity contribution in [2.24, 2.45) is 0 Å². The molecule has 0 fully saturated rings. The van der Waals surface area contributed by atoms with Crippen LogP contribution in [-0.4, -0.2) is 25.6 Å². The van der Waals surface area contributed by atoms with Crippen molar-refractivity contribution in [2.45, 2.75) is 11.1 Å². The molecule has 11 heteroatoms. The number of carbonyl (C=O) groups excluding carboxylic acids is 1. The number of hydrogen-bond acceptors (Lipinski definition) is 5. The van der Waals surface area contributed by atoms with Crippen LogP contribution in [0.25, 0.3) is 31.9 Å². The Labute approximate surface area is 230 Å². The summed E-state index contributed by atoms with van der Waals surface area (Å²) in [5.41, 5.74) is 1.48. The lowest BCUT2D eigenvalue weighted by molar-refractivity contribution is -0.137. The summed E-state index contributed by atoms with van der Waals surface area (Å²) in [7, 11) is -3.65. The number of amides is 1. The fourth-order valence-electron chi connectivity index (χ4n) is 3.98. The van der Waals surface area contributed by atoms with Gasteiger partial charge in [0.1, 0.15) is 5.01 Å². The molecule has 0 aliphatic carbocycles. The SMILES string of the molecule is CS(=O)(=O)c1ccc(C(=O)Nc2ccc(Cl)c(-c3nc4ccccc4s3)c2)c(-c2ccc(C(F)(F)F)cc2)c1. The fraction of sp³-hybridized carbons (Fsp3) is 0.0714. The first-order valence-corrected chi connectivity index (χ1v) is 14.5. The zero-order valence-corrected chi connectivity index (χ0v) is 22.5. The number of rotatable bonds is 5. The second-order valence-electron chi connectivity index (χ2n) is 8.69. The molecule has 0 aliphatic heterocycles. The van der Waals surface area contributed by atoms with Gasteiger partial charge in [0.2, 0.25) is 0 Å². The van der Waals surface area contributed by atoms with Crippen molar-refractivity contribution in [1.29, 1.82) is 0 Å². The van der Waals surface area contributed by atoms with Crippen LogP contribution in [0.2, 0.25) is 5.02 Å². The number of nitrogens with one attached hydrogen (secondary N) is 1. The molecule has 1 amide bonds. The highest BCUT2D eigenvalue weighted by Crippen LogP contribution is 2.37. The number of anilines is 1. The third kappa shape index (κ3) is 5.68. The predicted octanol–water partition coefficient (Wildman–Crippen LogP) is 7.96. The van der Waals surface area contributed by atoms with Gasteiger partial charge >= 0.3 is 6.18 Å². The fourth-order valence-corrected chi connectivity index (χ4v) is 5.89. The lowest BCUT2D eigenvalue weighted by Gasteiger charge is -2.14. The summed E-state index contributed by atoms with van der Waals surface area (Å²) in [4.78, 5) is 17.9. The topological polar surface area (TPSA) is 76.1 Å². The molecular weight excluding hydrogens is 569 g/mol. The van der Waals surface area contributed by atoms with Crippen molar-refractivity contribution < 1.29 is 26.4 Å². The van der Waals surface area contributed by atoms with Crippen molar-refractivity contribution in [1.82, 2.24) is 4.98 Å². The van der Waals surface area contributed by atoms with Gasteiger partial charge in [-0.05, 0) is 71.8 Å². The third-order valence-electron chi connectivity index (χ3n) is 5.94. The van der Waals surface area contributed by atoms with Crippen LogP contribution in [-0.2, 0) is 16.0 Å². The van der Waals surface area contributed by atoms with Crippen molar-refractivity contribution in [3.63, 3.8) is 0 Å². The molecule has 5 aromatic rings. The summed E-state index contributed by atoms with van der Waals surface area (Å²) in [6.45, 7) is 0. The quantitative estimate of drug-likeness (QED) is 0.227. The number of thiazole rings is 1. The van der Waals surface area contributed by atoms with Gasteiger partial charge in [0.25, 0.3) is 5.91 Å². The zero-order valence-electron chi connectivity index (χ0n) is 20.1. The van der Waals surface area contributed by atoms with E-state index in [0.717, 1.165) is 28.6 Å². The molecule has 39 heavy (non-hydrogen) atoms. The molecule has 0 saturated carbocycles. The Morgan fingerprint density at radius 3 is 2.31 bits per heavy atom. The smallest absolute Gasteiger partial charge is 0.322 e. The van der Waals surface area contributed by atoms with Crippen LogP contribution in [0.15, 0.2) is 89.8 Å².